The summed E-state index contributed by atoms with van der Waals surface area (Å²) in [5, 5.41) is 5.57. The Morgan fingerprint density at radius 1 is 1.27 bits per heavy atom. The van der Waals surface area contributed by atoms with Crippen molar-refractivity contribution >= 4 is 27.4 Å². The van der Waals surface area contributed by atoms with Crippen LogP contribution in [0.5, 0.6) is 5.75 Å². The first-order valence-corrected chi connectivity index (χ1v) is 9.18. The van der Waals surface area contributed by atoms with E-state index in [-0.39, 0.29) is 11.9 Å². The van der Waals surface area contributed by atoms with E-state index >= 15 is 0 Å². The van der Waals surface area contributed by atoms with E-state index in [4.69, 9.17) is 9.47 Å². The first kappa shape index (κ1) is 16.8. The predicted octanol–water partition coefficient (Wildman–Crippen LogP) is 2.25. The highest BCUT2D eigenvalue weighted by atomic mass is 32.1. The number of carbonyl (C=O) groups excluding carboxylic acids is 1. The molecule has 136 valence electrons. The van der Waals surface area contributed by atoms with E-state index in [0.717, 1.165) is 47.3 Å². The summed E-state index contributed by atoms with van der Waals surface area (Å²) >= 11 is 1.54. The van der Waals surface area contributed by atoms with Crippen LogP contribution in [-0.2, 0) is 9.53 Å². The van der Waals surface area contributed by atoms with Crippen LogP contribution >= 0.6 is 11.3 Å². The number of nitrogens with zero attached hydrogens (tertiary/aromatic N) is 5. The minimum absolute atomic E-state index is 0.00698. The Balaban J connectivity index is 1.51. The maximum absolute atomic E-state index is 11.6. The van der Waals surface area contributed by atoms with Crippen molar-refractivity contribution < 1.29 is 14.3 Å². The number of rotatable bonds is 4. The minimum atomic E-state index is -0.116. The van der Waals surface area contributed by atoms with Crippen molar-refractivity contribution in [1.82, 2.24) is 19.6 Å². The molecular weight excluding hydrogens is 354 g/mol. The average molecular weight is 373 g/mol. The number of methoxy groups -OCH3 is 2. The van der Waals surface area contributed by atoms with Gasteiger partial charge >= 0.3 is 5.97 Å². The quantitative estimate of drug-likeness (QED) is 0.649. The summed E-state index contributed by atoms with van der Waals surface area (Å²) in [6.45, 7) is 1.59. The number of esters is 1. The van der Waals surface area contributed by atoms with Crippen LogP contribution in [0.25, 0.3) is 16.2 Å². The van der Waals surface area contributed by atoms with Crippen LogP contribution in [0.2, 0.25) is 0 Å². The summed E-state index contributed by atoms with van der Waals surface area (Å²) in [7, 11) is 3.06. The van der Waals surface area contributed by atoms with Gasteiger partial charge in [-0.15, -0.1) is 5.10 Å². The number of fused-ring (bicyclic) bond motifs is 1. The Kier molecular flexibility index (Phi) is 4.46. The fourth-order valence-corrected chi connectivity index (χ4v) is 4.04. The van der Waals surface area contributed by atoms with Crippen LogP contribution in [0.4, 0.5) is 5.13 Å². The highest BCUT2D eigenvalue weighted by molar-refractivity contribution is 7.20. The summed E-state index contributed by atoms with van der Waals surface area (Å²) in [6, 6.07) is 1.90. The van der Waals surface area contributed by atoms with E-state index in [1.165, 1.54) is 7.11 Å². The second kappa shape index (κ2) is 6.91. The van der Waals surface area contributed by atoms with Gasteiger partial charge in [-0.05, 0) is 18.9 Å². The summed E-state index contributed by atoms with van der Waals surface area (Å²) in [4.78, 5) is 23.5. The van der Waals surface area contributed by atoms with E-state index in [0.29, 0.717) is 5.75 Å². The molecule has 9 heteroatoms. The number of aromatic nitrogens is 4. The molecule has 26 heavy (non-hydrogen) atoms. The minimum Gasteiger partial charge on any atom is -0.495 e. The number of piperidine rings is 1. The van der Waals surface area contributed by atoms with Gasteiger partial charge in [-0.2, -0.15) is 0 Å². The summed E-state index contributed by atoms with van der Waals surface area (Å²) < 4.78 is 11.8. The number of hydrogen-bond acceptors (Lipinski definition) is 8. The topological polar surface area (TPSA) is 81.9 Å². The van der Waals surface area contributed by atoms with Crippen molar-refractivity contribution in [2.75, 3.05) is 32.2 Å². The van der Waals surface area contributed by atoms with Gasteiger partial charge in [0.1, 0.15) is 5.75 Å². The van der Waals surface area contributed by atoms with Gasteiger partial charge in [-0.25, -0.2) is 9.50 Å². The maximum Gasteiger partial charge on any atom is 0.308 e. The standard InChI is InChI=1S/C17H19N5O3S/c1-24-13-7-12(8-18-9-13)14-10-22-16(19-14)26-17(20-22)21-5-3-11(4-6-21)15(23)25-2/h7-11H,3-6H2,1-2H3. The van der Waals surface area contributed by atoms with Crippen molar-refractivity contribution in [2.24, 2.45) is 5.92 Å². The number of anilines is 1. The Labute approximate surface area is 154 Å². The molecule has 3 aromatic rings. The Bertz CT molecular complexity index is 898. The molecule has 0 aliphatic carbocycles. The second-order valence-electron chi connectivity index (χ2n) is 6.14. The van der Waals surface area contributed by atoms with E-state index in [9.17, 15) is 4.79 Å². The van der Waals surface area contributed by atoms with E-state index in [1.807, 2.05) is 12.3 Å². The molecule has 1 saturated heterocycles. The van der Waals surface area contributed by atoms with Crippen LogP contribution in [0.1, 0.15) is 12.8 Å². The van der Waals surface area contributed by atoms with Crippen LogP contribution in [-0.4, -0.2) is 52.9 Å². The molecule has 0 aromatic carbocycles. The van der Waals surface area contributed by atoms with Gasteiger partial charge in [0.25, 0.3) is 0 Å². The van der Waals surface area contributed by atoms with Crippen LogP contribution in [0.3, 0.4) is 0 Å². The zero-order chi connectivity index (χ0) is 18.1. The van der Waals surface area contributed by atoms with Gasteiger partial charge in [0.05, 0.1) is 38.2 Å². The number of carbonyl (C=O) groups is 1. The molecule has 1 aliphatic rings. The molecule has 0 unspecified atom stereocenters. The Morgan fingerprint density at radius 2 is 2.08 bits per heavy atom. The van der Waals surface area contributed by atoms with Crippen molar-refractivity contribution in [1.29, 1.82) is 0 Å². The van der Waals surface area contributed by atoms with Gasteiger partial charge in [0.2, 0.25) is 10.1 Å². The number of pyridine rings is 1. The molecule has 3 aromatic heterocycles. The fourth-order valence-electron chi connectivity index (χ4n) is 3.10. The molecule has 1 aliphatic heterocycles. The number of imidazole rings is 1. The average Bonchev–Trinajstić information content (AvgIpc) is 3.27. The molecule has 0 amide bonds. The highest BCUT2D eigenvalue weighted by Gasteiger charge is 2.27. The summed E-state index contributed by atoms with van der Waals surface area (Å²) in [5.74, 6) is 0.573. The fraction of sp³-hybridized carbons (Fsp3) is 0.412. The number of ether oxygens (including phenoxy) is 2. The van der Waals surface area contributed by atoms with Gasteiger partial charge in [-0.3, -0.25) is 9.78 Å². The van der Waals surface area contributed by atoms with Crippen molar-refractivity contribution in [3.63, 3.8) is 0 Å². The third-order valence-electron chi connectivity index (χ3n) is 4.58. The second-order valence-corrected chi connectivity index (χ2v) is 7.07. The Morgan fingerprint density at radius 3 is 2.77 bits per heavy atom. The zero-order valence-electron chi connectivity index (χ0n) is 14.6. The smallest absolute Gasteiger partial charge is 0.308 e. The van der Waals surface area contributed by atoms with Crippen molar-refractivity contribution in [2.45, 2.75) is 12.8 Å². The van der Waals surface area contributed by atoms with E-state index < -0.39 is 0 Å². The van der Waals surface area contributed by atoms with E-state index in [2.05, 4.69) is 20.0 Å². The van der Waals surface area contributed by atoms with Gasteiger partial charge in [-0.1, -0.05) is 11.3 Å². The molecule has 0 saturated carbocycles. The molecule has 0 bridgehead atoms. The van der Waals surface area contributed by atoms with Gasteiger partial charge in [0.15, 0.2) is 0 Å². The lowest BCUT2D eigenvalue weighted by molar-refractivity contribution is -0.146. The normalized spacial score (nSPS) is 15.4. The molecule has 8 nitrogen and oxygen atoms in total. The van der Waals surface area contributed by atoms with Gasteiger partial charge in [0, 0.05) is 24.8 Å². The molecule has 4 rings (SSSR count). The Hall–Kier alpha value is -2.68. The number of hydrogen-bond donors (Lipinski definition) is 0. The lowest BCUT2D eigenvalue weighted by Gasteiger charge is -2.29. The third kappa shape index (κ3) is 3.10. The first-order valence-electron chi connectivity index (χ1n) is 8.36. The van der Waals surface area contributed by atoms with Crippen LogP contribution < -0.4 is 9.64 Å². The highest BCUT2D eigenvalue weighted by Crippen LogP contribution is 2.30. The third-order valence-corrected chi connectivity index (χ3v) is 5.56. The monoisotopic (exact) mass is 373 g/mol. The first-order chi connectivity index (χ1) is 12.7. The zero-order valence-corrected chi connectivity index (χ0v) is 15.4. The van der Waals surface area contributed by atoms with Crippen molar-refractivity contribution in [3.8, 4) is 17.0 Å². The molecule has 0 atom stereocenters. The van der Waals surface area contributed by atoms with Crippen molar-refractivity contribution in [3.05, 3.63) is 24.7 Å². The molecule has 0 radical (unpaired) electrons. The van der Waals surface area contributed by atoms with Gasteiger partial charge < -0.3 is 14.4 Å². The predicted molar refractivity (Wildman–Crippen MR) is 97.6 cm³/mol. The summed E-state index contributed by atoms with van der Waals surface area (Å²) in [6.07, 6.45) is 6.89. The SMILES string of the molecule is COC(=O)C1CCN(c2nn3cc(-c4cncc(OC)c4)nc3s2)CC1. The van der Waals surface area contributed by atoms with Crippen LogP contribution in [0.15, 0.2) is 24.7 Å². The lowest BCUT2D eigenvalue weighted by Crippen LogP contribution is -2.36. The largest absolute Gasteiger partial charge is 0.495 e. The maximum atomic E-state index is 11.6. The molecule has 0 spiro atoms. The van der Waals surface area contributed by atoms with E-state index in [1.54, 1.807) is 35.4 Å². The molecular formula is C17H19N5O3S. The lowest BCUT2D eigenvalue weighted by atomic mass is 9.97. The van der Waals surface area contributed by atoms with Crippen LogP contribution in [0, 0.1) is 5.92 Å². The summed E-state index contributed by atoms with van der Waals surface area (Å²) in [5.41, 5.74) is 1.70. The molecule has 1 fully saturated rings. The molecule has 0 N–H and O–H groups in total. The molecule has 4 heterocycles.